The largest absolute Gasteiger partial charge is 0.412 e. The van der Waals surface area contributed by atoms with Crippen LogP contribution in [0.15, 0.2) is 75.1 Å². The number of ketones is 1. The Hall–Kier alpha value is -2.84. The lowest BCUT2D eigenvalue weighted by molar-refractivity contribution is -0.113. The van der Waals surface area contributed by atoms with Gasteiger partial charge in [-0.3, -0.25) is 4.79 Å². The van der Waals surface area contributed by atoms with E-state index in [9.17, 15) is 13.2 Å². The highest BCUT2D eigenvalue weighted by Crippen LogP contribution is 2.25. The third-order valence-electron chi connectivity index (χ3n) is 4.12. The van der Waals surface area contributed by atoms with Gasteiger partial charge in [0.05, 0.1) is 16.3 Å². The molecule has 8 heteroatoms. The monoisotopic (exact) mass is 403 g/mol. The summed E-state index contributed by atoms with van der Waals surface area (Å²) in [4.78, 5) is 13.1. The van der Waals surface area contributed by atoms with Crippen LogP contribution in [0.1, 0.15) is 20.8 Å². The maximum Gasteiger partial charge on any atom is 0.209 e. The minimum absolute atomic E-state index is 0. The molecule has 0 bridgehead atoms. The van der Waals surface area contributed by atoms with Gasteiger partial charge >= 0.3 is 0 Å². The van der Waals surface area contributed by atoms with E-state index in [0.29, 0.717) is 11.4 Å². The van der Waals surface area contributed by atoms with Gasteiger partial charge in [0, 0.05) is 18.8 Å². The van der Waals surface area contributed by atoms with Crippen molar-refractivity contribution in [2.24, 2.45) is 10.2 Å². The molecule has 0 heterocycles. The molecular formula is C20H25N3O4S. The van der Waals surface area contributed by atoms with Gasteiger partial charge in [0.1, 0.15) is 4.91 Å². The molecule has 0 spiro atoms. The number of Topliss-reactive ketones (excluding diaryl/α,β-unsaturated/α-hetero) is 1. The molecule has 7 nitrogen and oxygen atoms in total. The van der Waals surface area contributed by atoms with E-state index >= 15 is 0 Å². The van der Waals surface area contributed by atoms with Crippen LogP contribution in [0.2, 0.25) is 0 Å². The van der Waals surface area contributed by atoms with E-state index in [2.05, 4.69) is 35.6 Å². The van der Waals surface area contributed by atoms with Crippen LogP contribution in [0, 0.1) is 0 Å². The molecule has 0 radical (unpaired) electrons. The first-order chi connectivity index (χ1) is 12.8. The Kier molecular flexibility index (Phi) is 8.21. The number of carbonyl (C=O) groups excluding carboxylic acids is 1. The van der Waals surface area contributed by atoms with Crippen LogP contribution < -0.4 is 4.90 Å². The number of nitrogens with zero attached hydrogens (tertiary/aromatic N) is 3. The molecule has 0 aliphatic carbocycles. The summed E-state index contributed by atoms with van der Waals surface area (Å²) in [5.74, 6) is -0.577. The summed E-state index contributed by atoms with van der Waals surface area (Å²) in [5, 5.41) is 8.29. The number of azo groups is 1. The summed E-state index contributed by atoms with van der Waals surface area (Å²) < 4.78 is 24.4. The Labute approximate surface area is 165 Å². The summed E-state index contributed by atoms with van der Waals surface area (Å²) >= 11 is 0. The SMILES string of the molecule is C=C(C(C)=O)S(=O)(=O)c1ccc(N=Nc2ccc(N(CC)CC)cc2)cc1.O. The van der Waals surface area contributed by atoms with E-state index in [-0.39, 0.29) is 10.4 Å². The molecule has 0 fully saturated rings. The van der Waals surface area contributed by atoms with E-state index in [4.69, 9.17) is 0 Å². The number of sulfone groups is 1. The van der Waals surface area contributed by atoms with Crippen molar-refractivity contribution in [2.75, 3.05) is 18.0 Å². The van der Waals surface area contributed by atoms with Crippen molar-refractivity contribution in [1.29, 1.82) is 0 Å². The lowest BCUT2D eigenvalue weighted by Crippen LogP contribution is -2.21. The van der Waals surface area contributed by atoms with Crippen molar-refractivity contribution >= 4 is 32.7 Å². The number of benzene rings is 2. The van der Waals surface area contributed by atoms with Gasteiger partial charge in [0.15, 0.2) is 5.78 Å². The van der Waals surface area contributed by atoms with Crippen LogP contribution in [-0.2, 0) is 14.6 Å². The maximum atomic E-state index is 12.2. The van der Waals surface area contributed by atoms with Crippen LogP contribution in [0.25, 0.3) is 0 Å². The highest BCUT2D eigenvalue weighted by atomic mass is 32.2. The van der Waals surface area contributed by atoms with Crippen molar-refractivity contribution in [3.05, 3.63) is 60.0 Å². The Morgan fingerprint density at radius 2 is 1.36 bits per heavy atom. The molecule has 2 aromatic carbocycles. The molecule has 2 aromatic rings. The minimum Gasteiger partial charge on any atom is -0.412 e. The topological polar surface area (TPSA) is 111 Å². The molecule has 150 valence electrons. The summed E-state index contributed by atoms with van der Waals surface area (Å²) in [6, 6.07) is 13.6. The Morgan fingerprint density at radius 1 is 0.929 bits per heavy atom. The number of carbonyl (C=O) groups is 1. The van der Waals surface area contributed by atoms with Gasteiger partial charge in [-0.2, -0.15) is 10.2 Å². The number of anilines is 1. The summed E-state index contributed by atoms with van der Waals surface area (Å²) in [6.45, 7) is 10.6. The van der Waals surface area contributed by atoms with Crippen molar-refractivity contribution in [3.63, 3.8) is 0 Å². The molecule has 0 aliphatic heterocycles. The lowest BCUT2D eigenvalue weighted by atomic mass is 10.2. The average molecular weight is 404 g/mol. The molecule has 0 atom stereocenters. The molecule has 0 aromatic heterocycles. The number of hydrogen-bond donors (Lipinski definition) is 0. The predicted molar refractivity (Wildman–Crippen MR) is 111 cm³/mol. The van der Waals surface area contributed by atoms with Crippen LogP contribution in [0.5, 0.6) is 0 Å². The van der Waals surface area contributed by atoms with Gasteiger partial charge in [0.2, 0.25) is 9.84 Å². The molecule has 0 saturated carbocycles. The maximum absolute atomic E-state index is 12.2. The van der Waals surface area contributed by atoms with E-state index < -0.39 is 20.5 Å². The van der Waals surface area contributed by atoms with Crippen molar-refractivity contribution in [3.8, 4) is 0 Å². The highest BCUT2D eigenvalue weighted by Gasteiger charge is 2.21. The second kappa shape index (κ2) is 9.91. The third-order valence-corrected chi connectivity index (χ3v) is 5.95. The van der Waals surface area contributed by atoms with Crippen LogP contribution >= 0.6 is 0 Å². The summed E-state index contributed by atoms with van der Waals surface area (Å²) in [5.41, 5.74) is 2.34. The first-order valence-corrected chi connectivity index (χ1v) is 10.1. The second-order valence-electron chi connectivity index (χ2n) is 5.87. The zero-order valence-corrected chi connectivity index (χ0v) is 17.0. The normalized spacial score (nSPS) is 11.1. The average Bonchev–Trinajstić information content (AvgIpc) is 2.68. The van der Waals surface area contributed by atoms with Gasteiger partial charge in [-0.1, -0.05) is 6.58 Å². The summed E-state index contributed by atoms with van der Waals surface area (Å²) in [7, 11) is -3.86. The molecular weight excluding hydrogens is 378 g/mol. The number of allylic oxidation sites excluding steroid dienone is 1. The first-order valence-electron chi connectivity index (χ1n) is 8.61. The molecule has 2 rings (SSSR count). The summed E-state index contributed by atoms with van der Waals surface area (Å²) in [6.07, 6.45) is 0. The van der Waals surface area contributed by atoms with E-state index in [1.165, 1.54) is 31.2 Å². The second-order valence-corrected chi connectivity index (χ2v) is 7.84. The zero-order chi connectivity index (χ0) is 20.0. The van der Waals surface area contributed by atoms with E-state index in [0.717, 1.165) is 18.8 Å². The van der Waals surface area contributed by atoms with Crippen LogP contribution in [-0.4, -0.2) is 32.8 Å². The molecule has 28 heavy (non-hydrogen) atoms. The standard InChI is InChI=1S/C20H23N3O3S.H2O/c1-5-23(6-2)19-11-7-17(8-12-19)21-22-18-9-13-20(14-10-18)27(25,26)16(4)15(3)24;/h7-14H,4-6H2,1-3H3;1H2. The quantitative estimate of drug-likeness (QED) is 0.490. The smallest absolute Gasteiger partial charge is 0.209 e. The fourth-order valence-corrected chi connectivity index (χ4v) is 3.62. The Balaban J connectivity index is 0.00000392. The van der Waals surface area contributed by atoms with Gasteiger partial charge < -0.3 is 10.4 Å². The number of rotatable bonds is 8. The van der Waals surface area contributed by atoms with E-state index in [1.807, 2.05) is 24.3 Å². The van der Waals surface area contributed by atoms with E-state index in [1.54, 1.807) is 0 Å². The van der Waals surface area contributed by atoms with Crippen LogP contribution in [0.4, 0.5) is 17.1 Å². The van der Waals surface area contributed by atoms with Gasteiger partial charge in [-0.05, 0) is 69.3 Å². The molecule has 0 amide bonds. The fourth-order valence-electron chi connectivity index (χ4n) is 2.46. The van der Waals surface area contributed by atoms with Gasteiger partial charge in [-0.15, -0.1) is 0 Å². The van der Waals surface area contributed by atoms with Crippen molar-refractivity contribution in [1.82, 2.24) is 0 Å². The Bertz CT molecular complexity index is 946. The molecule has 0 unspecified atom stereocenters. The third kappa shape index (κ3) is 5.34. The van der Waals surface area contributed by atoms with Crippen molar-refractivity contribution < 1.29 is 18.7 Å². The minimum atomic E-state index is -3.86. The molecule has 2 N–H and O–H groups in total. The van der Waals surface area contributed by atoms with Crippen molar-refractivity contribution in [2.45, 2.75) is 25.7 Å². The first kappa shape index (κ1) is 23.2. The molecule has 0 saturated heterocycles. The zero-order valence-electron chi connectivity index (χ0n) is 16.2. The lowest BCUT2D eigenvalue weighted by Gasteiger charge is -2.20. The number of hydrogen-bond acceptors (Lipinski definition) is 6. The van der Waals surface area contributed by atoms with Gasteiger partial charge in [0.25, 0.3) is 0 Å². The van der Waals surface area contributed by atoms with Crippen LogP contribution in [0.3, 0.4) is 0 Å². The van der Waals surface area contributed by atoms with Gasteiger partial charge in [-0.25, -0.2) is 8.42 Å². The molecule has 0 aliphatic rings. The Morgan fingerprint density at radius 3 is 1.75 bits per heavy atom. The predicted octanol–water partition coefficient (Wildman–Crippen LogP) is 4.00. The highest BCUT2D eigenvalue weighted by molar-refractivity contribution is 7.96. The fraction of sp³-hybridized carbons (Fsp3) is 0.250.